The van der Waals surface area contributed by atoms with Gasteiger partial charge in [-0.15, -0.1) is 16.8 Å². The van der Waals surface area contributed by atoms with Crippen molar-refractivity contribution in [3.05, 3.63) is 66.7 Å². The molecule has 0 aliphatic rings. The number of rotatable bonds is 9. The van der Waals surface area contributed by atoms with Crippen LogP contribution in [0.25, 0.3) is 11.4 Å². The zero-order valence-corrected chi connectivity index (χ0v) is 16.6. The van der Waals surface area contributed by atoms with Gasteiger partial charge in [0.15, 0.2) is 16.8 Å². The molecule has 0 saturated carbocycles. The molecular formula is C21H21N3O3S. The van der Waals surface area contributed by atoms with E-state index in [1.807, 2.05) is 34.9 Å². The lowest BCUT2D eigenvalue weighted by Crippen LogP contribution is -2.07. The molecule has 0 bridgehead atoms. The number of hydrogen-bond donors (Lipinski definition) is 0. The van der Waals surface area contributed by atoms with Gasteiger partial charge in [0.2, 0.25) is 0 Å². The Labute approximate surface area is 168 Å². The molecule has 0 unspecified atom stereocenters. The molecule has 0 fully saturated rings. The monoisotopic (exact) mass is 395 g/mol. The predicted molar refractivity (Wildman–Crippen MR) is 110 cm³/mol. The third-order valence-electron chi connectivity index (χ3n) is 4.10. The van der Waals surface area contributed by atoms with E-state index in [1.54, 1.807) is 31.4 Å². The molecule has 2 aromatic carbocycles. The van der Waals surface area contributed by atoms with Crippen molar-refractivity contribution in [3.8, 4) is 22.9 Å². The van der Waals surface area contributed by atoms with Crippen LogP contribution in [-0.2, 0) is 6.54 Å². The van der Waals surface area contributed by atoms with Crippen LogP contribution in [0.1, 0.15) is 10.4 Å². The quantitative estimate of drug-likeness (QED) is 0.308. The smallest absolute Gasteiger partial charge is 0.192 e. The normalized spacial score (nSPS) is 10.5. The summed E-state index contributed by atoms with van der Waals surface area (Å²) >= 11 is 1.34. The Hall–Kier alpha value is -3.06. The fraction of sp³-hybridized carbons (Fsp3) is 0.190. The van der Waals surface area contributed by atoms with E-state index in [4.69, 9.17) is 9.47 Å². The summed E-state index contributed by atoms with van der Waals surface area (Å²) in [5, 5.41) is 9.24. The van der Waals surface area contributed by atoms with Crippen molar-refractivity contribution in [2.24, 2.45) is 0 Å². The number of methoxy groups -OCH3 is 2. The highest BCUT2D eigenvalue weighted by Gasteiger charge is 2.18. The van der Waals surface area contributed by atoms with Crippen LogP contribution in [-0.4, -0.2) is 40.5 Å². The summed E-state index contributed by atoms with van der Waals surface area (Å²) in [5.74, 6) is 2.03. The molecule has 1 aromatic heterocycles. The van der Waals surface area contributed by atoms with Gasteiger partial charge in [-0.1, -0.05) is 48.2 Å². The molecular weight excluding hydrogens is 374 g/mol. The fourth-order valence-electron chi connectivity index (χ4n) is 2.73. The lowest BCUT2D eigenvalue weighted by Gasteiger charge is -2.10. The summed E-state index contributed by atoms with van der Waals surface area (Å²) in [5.41, 5.74) is 1.47. The summed E-state index contributed by atoms with van der Waals surface area (Å²) in [4.78, 5) is 12.7. The van der Waals surface area contributed by atoms with E-state index in [0.29, 0.717) is 28.8 Å². The van der Waals surface area contributed by atoms with Crippen molar-refractivity contribution < 1.29 is 14.3 Å². The van der Waals surface area contributed by atoms with Gasteiger partial charge in [0.25, 0.3) is 0 Å². The lowest BCUT2D eigenvalue weighted by atomic mass is 10.1. The van der Waals surface area contributed by atoms with Crippen molar-refractivity contribution in [2.75, 3.05) is 20.0 Å². The first kappa shape index (κ1) is 19.7. The Bertz CT molecular complexity index is 970. The van der Waals surface area contributed by atoms with E-state index in [1.165, 1.54) is 18.9 Å². The molecule has 28 heavy (non-hydrogen) atoms. The van der Waals surface area contributed by atoms with Crippen molar-refractivity contribution >= 4 is 17.5 Å². The van der Waals surface area contributed by atoms with E-state index in [9.17, 15) is 4.79 Å². The highest BCUT2D eigenvalue weighted by Crippen LogP contribution is 2.28. The maximum Gasteiger partial charge on any atom is 0.192 e. The van der Waals surface area contributed by atoms with Crippen LogP contribution < -0.4 is 9.47 Å². The number of allylic oxidation sites excluding steroid dienone is 1. The minimum absolute atomic E-state index is 0.0566. The molecule has 1 heterocycles. The van der Waals surface area contributed by atoms with Gasteiger partial charge in [0, 0.05) is 18.2 Å². The van der Waals surface area contributed by atoms with Gasteiger partial charge >= 0.3 is 0 Å². The predicted octanol–water partition coefficient (Wildman–Crippen LogP) is 4.12. The van der Waals surface area contributed by atoms with Gasteiger partial charge in [-0.3, -0.25) is 9.36 Å². The minimum Gasteiger partial charge on any atom is -0.497 e. The number of carbonyl (C=O) groups is 1. The molecule has 0 amide bonds. The number of hydrogen-bond acceptors (Lipinski definition) is 6. The highest BCUT2D eigenvalue weighted by molar-refractivity contribution is 7.99. The molecule has 7 heteroatoms. The lowest BCUT2D eigenvalue weighted by molar-refractivity contribution is 0.101. The average Bonchev–Trinajstić information content (AvgIpc) is 3.15. The zero-order valence-electron chi connectivity index (χ0n) is 15.8. The maximum atomic E-state index is 12.7. The van der Waals surface area contributed by atoms with Crippen molar-refractivity contribution in [1.29, 1.82) is 0 Å². The second-order valence-corrected chi connectivity index (χ2v) is 6.79. The Morgan fingerprint density at radius 2 is 1.93 bits per heavy atom. The van der Waals surface area contributed by atoms with E-state index in [2.05, 4.69) is 16.8 Å². The molecule has 3 rings (SSSR count). The Morgan fingerprint density at radius 3 is 2.61 bits per heavy atom. The van der Waals surface area contributed by atoms with E-state index < -0.39 is 0 Å². The second kappa shape index (κ2) is 9.23. The number of aromatic nitrogens is 3. The van der Waals surface area contributed by atoms with Gasteiger partial charge < -0.3 is 9.47 Å². The Kier molecular flexibility index (Phi) is 6.49. The summed E-state index contributed by atoms with van der Waals surface area (Å²) < 4.78 is 12.5. The molecule has 3 aromatic rings. The summed E-state index contributed by atoms with van der Waals surface area (Å²) in [6.45, 7) is 4.37. The largest absolute Gasteiger partial charge is 0.497 e. The van der Waals surface area contributed by atoms with Crippen LogP contribution in [0.2, 0.25) is 0 Å². The standard InChI is InChI=1S/C21H21N3O3S/c1-4-12-24-20(15-8-6-5-7-9-15)22-23-21(24)28-14-18(25)17-11-10-16(26-2)13-19(17)27-3/h4-11,13H,1,12,14H2,2-3H3. The molecule has 0 aliphatic carbocycles. The van der Waals surface area contributed by atoms with Gasteiger partial charge in [0.1, 0.15) is 11.5 Å². The summed E-state index contributed by atoms with van der Waals surface area (Å²) in [6.07, 6.45) is 1.79. The van der Waals surface area contributed by atoms with E-state index >= 15 is 0 Å². The summed E-state index contributed by atoms with van der Waals surface area (Å²) in [7, 11) is 3.11. The first-order valence-electron chi connectivity index (χ1n) is 8.65. The second-order valence-electron chi connectivity index (χ2n) is 5.85. The number of ketones is 1. The third kappa shape index (κ3) is 4.26. The van der Waals surface area contributed by atoms with Crippen LogP contribution in [0.15, 0.2) is 66.3 Å². The van der Waals surface area contributed by atoms with Gasteiger partial charge in [0.05, 0.1) is 25.5 Å². The topological polar surface area (TPSA) is 66.2 Å². The molecule has 6 nitrogen and oxygen atoms in total. The van der Waals surface area contributed by atoms with Crippen LogP contribution in [0.4, 0.5) is 0 Å². The number of carbonyl (C=O) groups excluding carboxylic acids is 1. The average molecular weight is 395 g/mol. The van der Waals surface area contributed by atoms with Crippen molar-refractivity contribution in [1.82, 2.24) is 14.8 Å². The van der Waals surface area contributed by atoms with Crippen molar-refractivity contribution in [2.45, 2.75) is 11.7 Å². The number of benzene rings is 2. The van der Waals surface area contributed by atoms with Gasteiger partial charge in [-0.05, 0) is 12.1 Å². The minimum atomic E-state index is -0.0566. The molecule has 0 spiro atoms. The SMILES string of the molecule is C=CCn1c(SCC(=O)c2ccc(OC)cc2OC)nnc1-c1ccccc1. The number of thioether (sulfide) groups is 1. The first-order valence-corrected chi connectivity index (χ1v) is 9.64. The molecule has 144 valence electrons. The van der Waals surface area contributed by atoms with Crippen LogP contribution in [0.3, 0.4) is 0 Å². The third-order valence-corrected chi connectivity index (χ3v) is 5.07. The first-order chi connectivity index (χ1) is 13.7. The fourth-order valence-corrected chi connectivity index (χ4v) is 3.56. The number of ether oxygens (including phenoxy) is 2. The van der Waals surface area contributed by atoms with Crippen LogP contribution >= 0.6 is 11.8 Å². The zero-order chi connectivity index (χ0) is 19.9. The highest BCUT2D eigenvalue weighted by atomic mass is 32.2. The van der Waals surface area contributed by atoms with Crippen LogP contribution in [0.5, 0.6) is 11.5 Å². The summed E-state index contributed by atoms with van der Waals surface area (Å²) in [6, 6.07) is 15.0. The number of nitrogens with zero attached hydrogens (tertiary/aromatic N) is 3. The molecule has 0 saturated heterocycles. The van der Waals surface area contributed by atoms with Gasteiger partial charge in [-0.2, -0.15) is 0 Å². The van der Waals surface area contributed by atoms with E-state index in [0.717, 1.165) is 11.4 Å². The molecule has 0 radical (unpaired) electrons. The van der Waals surface area contributed by atoms with E-state index in [-0.39, 0.29) is 11.5 Å². The molecule has 0 N–H and O–H groups in total. The van der Waals surface area contributed by atoms with Crippen LogP contribution in [0, 0.1) is 0 Å². The Morgan fingerprint density at radius 1 is 1.14 bits per heavy atom. The van der Waals surface area contributed by atoms with Gasteiger partial charge in [-0.25, -0.2) is 0 Å². The van der Waals surface area contributed by atoms with Crippen molar-refractivity contribution in [3.63, 3.8) is 0 Å². The maximum absolute atomic E-state index is 12.7. The number of Topliss-reactive ketones (excluding diaryl/α,β-unsaturated/α-hetero) is 1. The molecule has 0 atom stereocenters. The Balaban J connectivity index is 1.80. The molecule has 0 aliphatic heterocycles.